The summed E-state index contributed by atoms with van der Waals surface area (Å²) in [5.41, 5.74) is 0.693. The lowest BCUT2D eigenvalue weighted by Gasteiger charge is -2.13. The molecule has 0 saturated heterocycles. The minimum Gasteiger partial charge on any atom is -0.354 e. The number of benzene rings is 1. The number of hydrogen-bond donors (Lipinski definition) is 4. The summed E-state index contributed by atoms with van der Waals surface area (Å²) in [6.45, 7) is 3.42. The predicted octanol–water partition coefficient (Wildman–Crippen LogP) is 1.31. The van der Waals surface area contributed by atoms with Gasteiger partial charge < -0.3 is 25.8 Å². The maximum Gasteiger partial charge on any atom is 0.233 e. The van der Waals surface area contributed by atoms with Crippen LogP contribution in [0.15, 0.2) is 29.2 Å². The Morgan fingerprint density at radius 2 is 1.23 bits per heavy atom. The van der Waals surface area contributed by atoms with Crippen LogP contribution in [0.1, 0.15) is 12.8 Å². The summed E-state index contributed by atoms with van der Waals surface area (Å²) in [6.07, 6.45) is 1.92. The van der Waals surface area contributed by atoms with Gasteiger partial charge in [0.25, 0.3) is 0 Å². The van der Waals surface area contributed by atoms with Gasteiger partial charge in [-0.2, -0.15) is 15.0 Å². The zero-order valence-corrected chi connectivity index (χ0v) is 18.9. The van der Waals surface area contributed by atoms with Gasteiger partial charge in [0.15, 0.2) is 10.7 Å². The van der Waals surface area contributed by atoms with Crippen LogP contribution < -0.4 is 16.0 Å². The third-order valence-electron chi connectivity index (χ3n) is 4.10. The van der Waals surface area contributed by atoms with Gasteiger partial charge in [0.2, 0.25) is 17.8 Å². The monoisotopic (exact) mass is 436 g/mol. The molecule has 0 spiro atoms. The molecule has 11 heteroatoms. The van der Waals surface area contributed by atoms with E-state index in [9.17, 15) is 8.42 Å². The molecular weight excluding hydrogens is 404 g/mol. The van der Waals surface area contributed by atoms with E-state index in [0.29, 0.717) is 23.5 Å². The molecule has 0 aliphatic heterocycles. The summed E-state index contributed by atoms with van der Waals surface area (Å²) in [7, 11) is 5.55. The second-order valence-corrected chi connectivity index (χ2v) is 8.43. The van der Waals surface area contributed by atoms with Crippen LogP contribution in [0.2, 0.25) is 0 Å². The molecule has 0 unspecified atom stereocenters. The van der Waals surface area contributed by atoms with Crippen molar-refractivity contribution in [2.75, 3.05) is 70.3 Å². The second kappa shape index (κ2) is 12.3. The van der Waals surface area contributed by atoms with Gasteiger partial charge in [-0.3, -0.25) is 0 Å². The van der Waals surface area contributed by atoms with Gasteiger partial charge in [-0.15, -0.1) is 0 Å². The molecule has 1 aromatic carbocycles. The number of thiol groups is 1. The first kappa shape index (κ1) is 23.8. The summed E-state index contributed by atoms with van der Waals surface area (Å²) in [5, 5.41) is 9.60. The molecule has 2 aromatic rings. The van der Waals surface area contributed by atoms with E-state index in [2.05, 4.69) is 40.7 Å². The van der Waals surface area contributed by atoms with E-state index >= 15 is 0 Å². The number of anilines is 4. The van der Waals surface area contributed by atoms with Crippen LogP contribution in [0.5, 0.6) is 0 Å². The van der Waals surface area contributed by atoms with E-state index in [0.717, 1.165) is 39.0 Å². The highest BCUT2D eigenvalue weighted by atomic mass is 32.2. The average molecular weight is 437 g/mol. The van der Waals surface area contributed by atoms with Crippen molar-refractivity contribution in [1.82, 2.24) is 24.8 Å². The molecule has 10 nitrogen and oxygen atoms in total. The van der Waals surface area contributed by atoms with Crippen LogP contribution >= 0.6 is 0 Å². The van der Waals surface area contributed by atoms with Gasteiger partial charge in [-0.25, -0.2) is 8.42 Å². The van der Waals surface area contributed by atoms with Crippen molar-refractivity contribution < 1.29 is 8.42 Å². The molecule has 0 bridgehead atoms. The van der Waals surface area contributed by atoms with Crippen molar-refractivity contribution in [3.8, 4) is 0 Å². The van der Waals surface area contributed by atoms with Crippen LogP contribution in [-0.2, 0) is 10.7 Å². The second-order valence-electron chi connectivity index (χ2n) is 7.40. The zero-order chi connectivity index (χ0) is 21.9. The van der Waals surface area contributed by atoms with Crippen molar-refractivity contribution in [3.05, 3.63) is 24.3 Å². The SMILES string of the molecule is CN(C)CCCNc1nc(NCCCN(C)C)nc(Nc2ccc([SH](=O)=O)cc2)n1. The summed E-state index contributed by atoms with van der Waals surface area (Å²) >= 11 is 0. The van der Waals surface area contributed by atoms with Crippen LogP contribution in [0.3, 0.4) is 0 Å². The summed E-state index contributed by atoms with van der Waals surface area (Å²) in [4.78, 5) is 17.8. The fraction of sp³-hybridized carbons (Fsp3) is 0.526. The van der Waals surface area contributed by atoms with Gasteiger partial charge in [0, 0.05) is 18.8 Å². The van der Waals surface area contributed by atoms with Gasteiger partial charge in [0.1, 0.15) is 0 Å². The van der Waals surface area contributed by atoms with Crippen molar-refractivity contribution in [1.29, 1.82) is 0 Å². The minimum absolute atomic E-state index is 0.262. The maximum absolute atomic E-state index is 11.1. The number of nitrogens with zero attached hydrogens (tertiary/aromatic N) is 5. The van der Waals surface area contributed by atoms with E-state index in [1.807, 2.05) is 28.2 Å². The smallest absolute Gasteiger partial charge is 0.233 e. The lowest BCUT2D eigenvalue weighted by molar-refractivity contribution is 0.405. The highest BCUT2D eigenvalue weighted by Crippen LogP contribution is 2.17. The third-order valence-corrected chi connectivity index (χ3v) is 4.82. The van der Waals surface area contributed by atoms with Crippen molar-refractivity contribution in [3.63, 3.8) is 0 Å². The molecule has 1 aromatic heterocycles. The Morgan fingerprint density at radius 3 is 1.67 bits per heavy atom. The lowest BCUT2D eigenvalue weighted by atomic mass is 10.3. The van der Waals surface area contributed by atoms with Gasteiger partial charge in [-0.1, -0.05) is 0 Å². The standard InChI is InChI=1S/C19H32N8O2S/c1-26(2)13-5-11-20-17-23-18(21-12-6-14-27(3)4)25-19(24-17)22-15-7-9-16(10-8-15)30(28)29/h7-10,30H,5-6,11-14H2,1-4H3,(H3,20,21,22,23,24,25). The molecule has 166 valence electrons. The molecule has 0 atom stereocenters. The molecule has 30 heavy (non-hydrogen) atoms. The van der Waals surface area contributed by atoms with E-state index in [1.54, 1.807) is 12.1 Å². The molecule has 0 amide bonds. The topological polar surface area (TPSA) is 115 Å². The Labute approximate surface area is 180 Å². The van der Waals surface area contributed by atoms with Gasteiger partial charge in [-0.05, 0) is 78.4 Å². The van der Waals surface area contributed by atoms with Gasteiger partial charge in [0.05, 0.1) is 4.90 Å². The predicted molar refractivity (Wildman–Crippen MR) is 121 cm³/mol. The van der Waals surface area contributed by atoms with E-state index < -0.39 is 10.7 Å². The Bertz CT molecular complexity index is 814. The summed E-state index contributed by atoms with van der Waals surface area (Å²) in [5.74, 6) is 1.36. The van der Waals surface area contributed by atoms with Crippen LogP contribution in [0, 0.1) is 0 Å². The third kappa shape index (κ3) is 8.89. The Hall–Kier alpha value is -2.50. The van der Waals surface area contributed by atoms with Crippen molar-refractivity contribution >= 4 is 34.2 Å². The molecule has 3 N–H and O–H groups in total. The van der Waals surface area contributed by atoms with Crippen LogP contribution in [-0.4, -0.2) is 87.5 Å². The maximum atomic E-state index is 11.1. The average Bonchev–Trinajstić information content (AvgIpc) is 2.69. The Morgan fingerprint density at radius 1 is 0.767 bits per heavy atom. The molecule has 0 fully saturated rings. The Kier molecular flexibility index (Phi) is 9.71. The summed E-state index contributed by atoms with van der Waals surface area (Å²) in [6, 6.07) is 6.43. The molecule has 0 radical (unpaired) electrons. The largest absolute Gasteiger partial charge is 0.354 e. The number of aromatic nitrogens is 3. The number of nitrogens with one attached hydrogen (secondary N) is 3. The molecule has 0 aliphatic rings. The van der Waals surface area contributed by atoms with E-state index in [1.165, 1.54) is 12.1 Å². The quantitative estimate of drug-likeness (QED) is 0.271. The van der Waals surface area contributed by atoms with E-state index in [-0.39, 0.29) is 4.90 Å². The fourth-order valence-electron chi connectivity index (χ4n) is 2.58. The fourth-order valence-corrected chi connectivity index (χ4v) is 2.97. The van der Waals surface area contributed by atoms with Crippen molar-refractivity contribution in [2.45, 2.75) is 17.7 Å². The van der Waals surface area contributed by atoms with Crippen LogP contribution in [0.4, 0.5) is 23.5 Å². The lowest BCUT2D eigenvalue weighted by Crippen LogP contribution is -2.19. The highest BCUT2D eigenvalue weighted by molar-refractivity contribution is 7.72. The van der Waals surface area contributed by atoms with Crippen molar-refractivity contribution in [2.24, 2.45) is 0 Å². The first-order valence-corrected chi connectivity index (χ1v) is 11.1. The molecule has 0 saturated carbocycles. The number of rotatable bonds is 13. The molecule has 1 heterocycles. The zero-order valence-electron chi connectivity index (χ0n) is 18.1. The summed E-state index contributed by atoms with van der Waals surface area (Å²) < 4.78 is 22.1. The van der Waals surface area contributed by atoms with Gasteiger partial charge >= 0.3 is 0 Å². The molecular formula is C19H32N8O2S. The van der Waals surface area contributed by atoms with E-state index in [4.69, 9.17) is 0 Å². The highest BCUT2D eigenvalue weighted by Gasteiger charge is 2.08. The van der Waals surface area contributed by atoms with Crippen LogP contribution in [0.25, 0.3) is 0 Å². The number of hydrogen-bond acceptors (Lipinski definition) is 10. The molecule has 0 aliphatic carbocycles. The first-order valence-electron chi connectivity index (χ1n) is 9.88. The normalized spacial score (nSPS) is 11.3. The Balaban J connectivity index is 2.08. The minimum atomic E-state index is -2.60. The first-order chi connectivity index (χ1) is 14.3. The molecule has 2 rings (SSSR count).